The molecular formula is C13H11NOS. The van der Waals surface area contributed by atoms with E-state index in [1.165, 1.54) is 4.88 Å². The van der Waals surface area contributed by atoms with Gasteiger partial charge in [0.1, 0.15) is 5.52 Å². The maximum atomic E-state index is 5.77. The van der Waals surface area contributed by atoms with Gasteiger partial charge in [0.15, 0.2) is 5.58 Å². The SMILES string of the molecule is Cc1cccc2nc(Cc3cccs3)oc12. The van der Waals surface area contributed by atoms with Crippen molar-refractivity contribution in [2.45, 2.75) is 13.3 Å². The monoisotopic (exact) mass is 229 g/mol. The first-order valence-corrected chi connectivity index (χ1v) is 6.08. The van der Waals surface area contributed by atoms with E-state index in [2.05, 4.69) is 16.4 Å². The minimum atomic E-state index is 0.784. The van der Waals surface area contributed by atoms with E-state index >= 15 is 0 Å². The molecule has 0 amide bonds. The average Bonchev–Trinajstić information content (AvgIpc) is 2.88. The third-order valence-electron chi connectivity index (χ3n) is 2.56. The molecule has 0 N–H and O–H groups in total. The number of oxazole rings is 1. The summed E-state index contributed by atoms with van der Waals surface area (Å²) < 4.78 is 5.77. The summed E-state index contributed by atoms with van der Waals surface area (Å²) in [5.41, 5.74) is 3.00. The summed E-state index contributed by atoms with van der Waals surface area (Å²) in [5, 5.41) is 2.07. The molecule has 0 aliphatic heterocycles. The number of benzene rings is 1. The van der Waals surface area contributed by atoms with Crippen molar-refractivity contribution < 1.29 is 4.42 Å². The molecule has 0 spiro atoms. The Labute approximate surface area is 97.6 Å². The largest absolute Gasteiger partial charge is 0.440 e. The first kappa shape index (κ1) is 9.60. The van der Waals surface area contributed by atoms with E-state index in [1.807, 2.05) is 31.2 Å². The molecular weight excluding hydrogens is 218 g/mol. The van der Waals surface area contributed by atoms with Crippen LogP contribution >= 0.6 is 11.3 Å². The summed E-state index contributed by atoms with van der Waals surface area (Å²) in [7, 11) is 0. The van der Waals surface area contributed by atoms with Gasteiger partial charge in [-0.25, -0.2) is 4.98 Å². The van der Waals surface area contributed by atoms with E-state index in [1.54, 1.807) is 11.3 Å². The molecule has 1 aromatic carbocycles. The van der Waals surface area contributed by atoms with Crippen LogP contribution in [0.2, 0.25) is 0 Å². The number of nitrogens with zero attached hydrogens (tertiary/aromatic N) is 1. The molecule has 0 bridgehead atoms. The van der Waals surface area contributed by atoms with Crippen molar-refractivity contribution in [3.05, 3.63) is 52.0 Å². The molecule has 2 aromatic heterocycles. The first-order chi connectivity index (χ1) is 7.83. The fourth-order valence-electron chi connectivity index (χ4n) is 1.77. The summed E-state index contributed by atoms with van der Waals surface area (Å²) in [4.78, 5) is 5.77. The Balaban J connectivity index is 2.02. The quantitative estimate of drug-likeness (QED) is 0.668. The number of hydrogen-bond donors (Lipinski definition) is 0. The number of fused-ring (bicyclic) bond motifs is 1. The fraction of sp³-hybridized carbons (Fsp3) is 0.154. The molecule has 2 nitrogen and oxygen atoms in total. The molecule has 0 saturated carbocycles. The topological polar surface area (TPSA) is 26.0 Å². The van der Waals surface area contributed by atoms with Crippen LogP contribution in [0, 0.1) is 6.92 Å². The lowest BCUT2D eigenvalue weighted by molar-refractivity contribution is 0.543. The van der Waals surface area contributed by atoms with E-state index < -0.39 is 0 Å². The van der Waals surface area contributed by atoms with Gasteiger partial charge in [0.2, 0.25) is 5.89 Å². The van der Waals surface area contributed by atoms with Crippen LogP contribution in [0.5, 0.6) is 0 Å². The summed E-state index contributed by atoms with van der Waals surface area (Å²) in [5.74, 6) is 0.798. The highest BCUT2D eigenvalue weighted by Gasteiger charge is 2.08. The number of aromatic nitrogens is 1. The van der Waals surface area contributed by atoms with Gasteiger partial charge >= 0.3 is 0 Å². The standard InChI is InChI=1S/C13H11NOS/c1-9-4-2-6-11-13(9)15-12(14-11)8-10-5-3-7-16-10/h2-7H,8H2,1H3. The molecule has 3 rings (SSSR count). The van der Waals surface area contributed by atoms with Crippen molar-refractivity contribution >= 4 is 22.4 Å². The van der Waals surface area contributed by atoms with Gasteiger partial charge in [-0.2, -0.15) is 0 Å². The lowest BCUT2D eigenvalue weighted by Crippen LogP contribution is -1.82. The average molecular weight is 229 g/mol. The molecule has 0 radical (unpaired) electrons. The van der Waals surface area contributed by atoms with Crippen LogP contribution in [0.25, 0.3) is 11.1 Å². The Hall–Kier alpha value is -1.61. The van der Waals surface area contributed by atoms with Gasteiger partial charge in [-0.05, 0) is 30.0 Å². The van der Waals surface area contributed by atoms with E-state index in [-0.39, 0.29) is 0 Å². The maximum absolute atomic E-state index is 5.77. The van der Waals surface area contributed by atoms with Crippen molar-refractivity contribution in [1.82, 2.24) is 4.98 Å². The Morgan fingerprint density at radius 1 is 1.25 bits per heavy atom. The molecule has 16 heavy (non-hydrogen) atoms. The van der Waals surface area contributed by atoms with Crippen molar-refractivity contribution in [3.63, 3.8) is 0 Å². The number of para-hydroxylation sites is 1. The smallest absolute Gasteiger partial charge is 0.200 e. The van der Waals surface area contributed by atoms with Crippen LogP contribution in [0.3, 0.4) is 0 Å². The lowest BCUT2D eigenvalue weighted by Gasteiger charge is -1.91. The van der Waals surface area contributed by atoms with Gasteiger partial charge < -0.3 is 4.42 Å². The zero-order valence-electron chi connectivity index (χ0n) is 8.93. The van der Waals surface area contributed by atoms with Crippen LogP contribution in [0.15, 0.2) is 40.1 Å². The van der Waals surface area contributed by atoms with Crippen molar-refractivity contribution in [3.8, 4) is 0 Å². The molecule has 0 aliphatic rings. The van der Waals surface area contributed by atoms with Gasteiger partial charge in [0, 0.05) is 4.88 Å². The lowest BCUT2D eigenvalue weighted by atomic mass is 10.2. The highest BCUT2D eigenvalue weighted by Crippen LogP contribution is 2.22. The Morgan fingerprint density at radius 3 is 2.94 bits per heavy atom. The molecule has 80 valence electrons. The van der Waals surface area contributed by atoms with Crippen LogP contribution in [-0.4, -0.2) is 4.98 Å². The Bertz CT molecular complexity index is 610. The molecule has 0 saturated heterocycles. The van der Waals surface area contributed by atoms with Crippen LogP contribution in [0.1, 0.15) is 16.3 Å². The summed E-state index contributed by atoms with van der Waals surface area (Å²) in [6, 6.07) is 10.2. The number of thiophene rings is 1. The number of rotatable bonds is 2. The van der Waals surface area contributed by atoms with Crippen LogP contribution in [0.4, 0.5) is 0 Å². The highest BCUT2D eigenvalue weighted by atomic mass is 32.1. The molecule has 0 unspecified atom stereocenters. The van der Waals surface area contributed by atoms with Gasteiger partial charge in [-0.15, -0.1) is 11.3 Å². The molecule has 3 heteroatoms. The van der Waals surface area contributed by atoms with E-state index in [0.717, 1.165) is 29.0 Å². The van der Waals surface area contributed by atoms with Gasteiger partial charge in [0.05, 0.1) is 6.42 Å². The number of aryl methyl sites for hydroxylation is 1. The van der Waals surface area contributed by atoms with Crippen LogP contribution < -0.4 is 0 Å². The van der Waals surface area contributed by atoms with E-state index in [4.69, 9.17) is 4.42 Å². The first-order valence-electron chi connectivity index (χ1n) is 5.20. The number of hydrogen-bond acceptors (Lipinski definition) is 3. The highest BCUT2D eigenvalue weighted by molar-refractivity contribution is 7.09. The summed E-state index contributed by atoms with van der Waals surface area (Å²) in [6.45, 7) is 2.04. The molecule has 3 aromatic rings. The third-order valence-corrected chi connectivity index (χ3v) is 3.44. The summed E-state index contributed by atoms with van der Waals surface area (Å²) in [6.07, 6.45) is 0.784. The summed E-state index contributed by atoms with van der Waals surface area (Å²) >= 11 is 1.73. The molecule has 0 atom stereocenters. The maximum Gasteiger partial charge on any atom is 0.200 e. The minimum Gasteiger partial charge on any atom is -0.440 e. The predicted octanol–water partition coefficient (Wildman–Crippen LogP) is 3.79. The Morgan fingerprint density at radius 2 is 2.19 bits per heavy atom. The van der Waals surface area contributed by atoms with E-state index in [0.29, 0.717) is 0 Å². The molecule has 2 heterocycles. The second-order valence-corrected chi connectivity index (χ2v) is 4.82. The van der Waals surface area contributed by atoms with E-state index in [9.17, 15) is 0 Å². The minimum absolute atomic E-state index is 0.784. The normalized spacial score (nSPS) is 11.1. The molecule has 0 aliphatic carbocycles. The van der Waals surface area contributed by atoms with Crippen molar-refractivity contribution in [1.29, 1.82) is 0 Å². The second kappa shape index (κ2) is 3.76. The second-order valence-electron chi connectivity index (χ2n) is 3.79. The fourth-order valence-corrected chi connectivity index (χ4v) is 2.47. The van der Waals surface area contributed by atoms with Crippen molar-refractivity contribution in [2.75, 3.05) is 0 Å². The predicted molar refractivity (Wildman–Crippen MR) is 65.9 cm³/mol. The van der Waals surface area contributed by atoms with Gasteiger partial charge in [-0.1, -0.05) is 18.2 Å². The van der Waals surface area contributed by atoms with Gasteiger partial charge in [-0.3, -0.25) is 0 Å². The van der Waals surface area contributed by atoms with Crippen LogP contribution in [-0.2, 0) is 6.42 Å². The third kappa shape index (κ3) is 1.63. The molecule has 0 fully saturated rings. The van der Waals surface area contributed by atoms with Crippen molar-refractivity contribution in [2.24, 2.45) is 0 Å². The Kier molecular flexibility index (Phi) is 2.26. The van der Waals surface area contributed by atoms with Gasteiger partial charge in [0.25, 0.3) is 0 Å². The zero-order valence-corrected chi connectivity index (χ0v) is 9.75. The zero-order chi connectivity index (χ0) is 11.0.